The molecule has 0 aromatic carbocycles. The molecule has 0 aliphatic rings. The maximum absolute atomic E-state index is 4.07. The van der Waals surface area contributed by atoms with E-state index in [1.165, 1.54) is 14.9 Å². The highest BCUT2D eigenvalue weighted by Gasteiger charge is 2.15. The van der Waals surface area contributed by atoms with E-state index in [-0.39, 0.29) is 0 Å². The van der Waals surface area contributed by atoms with Crippen LogP contribution in [0.1, 0.15) is 36.2 Å². The molecule has 1 unspecified atom stereocenters. The first kappa shape index (κ1) is 14.7. The lowest BCUT2D eigenvalue weighted by Crippen LogP contribution is -2.22. The van der Waals surface area contributed by atoms with Gasteiger partial charge in [-0.25, -0.2) is 0 Å². The minimum absolute atomic E-state index is 0.433. The lowest BCUT2D eigenvalue weighted by Gasteiger charge is -2.18. The number of hydrogen-bond acceptors (Lipinski definition) is 3. The Kier molecular flexibility index (Phi) is 6.01. The standard InChI is InChI=1S/C15H19BrN2S/c1-2-8-18-14(15-13(16)7-11-19-15)4-3-12-5-9-17-10-6-12/h5-7,9-11,14,18H,2-4,8H2,1H3. The highest BCUT2D eigenvalue weighted by molar-refractivity contribution is 9.10. The molecule has 0 aliphatic carbocycles. The minimum atomic E-state index is 0.433. The number of aryl methyl sites for hydroxylation is 1. The van der Waals surface area contributed by atoms with E-state index >= 15 is 0 Å². The van der Waals surface area contributed by atoms with Crippen molar-refractivity contribution in [1.29, 1.82) is 0 Å². The van der Waals surface area contributed by atoms with Gasteiger partial charge in [0, 0.05) is 27.8 Å². The molecule has 0 radical (unpaired) electrons. The number of nitrogens with zero attached hydrogens (tertiary/aromatic N) is 1. The van der Waals surface area contributed by atoms with E-state index in [1.54, 1.807) is 0 Å². The Labute approximate surface area is 127 Å². The van der Waals surface area contributed by atoms with Crippen LogP contribution in [-0.2, 0) is 6.42 Å². The molecule has 0 aliphatic heterocycles. The third-order valence-corrected chi connectivity index (χ3v) is 5.06. The molecule has 0 spiro atoms. The summed E-state index contributed by atoms with van der Waals surface area (Å²) in [6.45, 7) is 3.27. The molecule has 102 valence electrons. The fourth-order valence-corrected chi connectivity index (χ4v) is 3.82. The second kappa shape index (κ2) is 7.78. The van der Waals surface area contributed by atoms with E-state index in [0.717, 1.165) is 25.8 Å². The summed E-state index contributed by atoms with van der Waals surface area (Å²) in [5.41, 5.74) is 1.35. The van der Waals surface area contributed by atoms with Crippen LogP contribution in [0.4, 0.5) is 0 Å². The molecular formula is C15H19BrN2S. The first-order valence-electron chi connectivity index (χ1n) is 6.66. The monoisotopic (exact) mass is 338 g/mol. The lowest BCUT2D eigenvalue weighted by molar-refractivity contribution is 0.505. The summed E-state index contributed by atoms with van der Waals surface area (Å²) in [6, 6.07) is 6.76. The van der Waals surface area contributed by atoms with Crippen LogP contribution in [-0.4, -0.2) is 11.5 Å². The molecule has 2 aromatic heterocycles. The van der Waals surface area contributed by atoms with Crippen LogP contribution in [0.15, 0.2) is 40.4 Å². The van der Waals surface area contributed by atoms with Crippen LogP contribution < -0.4 is 5.32 Å². The van der Waals surface area contributed by atoms with E-state index in [0.29, 0.717) is 6.04 Å². The van der Waals surface area contributed by atoms with Gasteiger partial charge in [-0.1, -0.05) is 6.92 Å². The molecular weight excluding hydrogens is 320 g/mol. The van der Waals surface area contributed by atoms with Gasteiger partial charge in [-0.05, 0) is 70.9 Å². The zero-order valence-corrected chi connectivity index (χ0v) is 13.5. The van der Waals surface area contributed by atoms with E-state index in [9.17, 15) is 0 Å². The molecule has 2 nitrogen and oxygen atoms in total. The number of halogens is 1. The molecule has 1 N–H and O–H groups in total. The van der Waals surface area contributed by atoms with Crippen LogP contribution in [0.5, 0.6) is 0 Å². The number of rotatable bonds is 7. The van der Waals surface area contributed by atoms with Crippen molar-refractivity contribution in [3.05, 3.63) is 50.9 Å². The van der Waals surface area contributed by atoms with E-state index in [4.69, 9.17) is 0 Å². The third kappa shape index (κ3) is 4.41. The minimum Gasteiger partial charge on any atom is -0.309 e. The Morgan fingerprint density at radius 1 is 1.32 bits per heavy atom. The van der Waals surface area contributed by atoms with Gasteiger partial charge in [-0.3, -0.25) is 4.98 Å². The van der Waals surface area contributed by atoms with Gasteiger partial charge in [0.05, 0.1) is 0 Å². The highest BCUT2D eigenvalue weighted by Crippen LogP contribution is 2.31. The third-order valence-electron chi connectivity index (χ3n) is 3.07. The van der Waals surface area contributed by atoms with Crippen molar-refractivity contribution in [2.45, 2.75) is 32.2 Å². The quantitative estimate of drug-likeness (QED) is 0.799. The summed E-state index contributed by atoms with van der Waals surface area (Å²) in [5.74, 6) is 0. The summed E-state index contributed by atoms with van der Waals surface area (Å²) < 4.78 is 1.22. The number of pyridine rings is 1. The number of aromatic nitrogens is 1. The van der Waals surface area contributed by atoms with Crippen LogP contribution in [0, 0.1) is 0 Å². The zero-order valence-electron chi connectivity index (χ0n) is 11.1. The average molecular weight is 339 g/mol. The van der Waals surface area contributed by atoms with E-state index in [1.807, 2.05) is 23.7 Å². The maximum atomic E-state index is 4.07. The summed E-state index contributed by atoms with van der Waals surface area (Å²) >= 11 is 5.47. The van der Waals surface area contributed by atoms with Crippen LogP contribution in [0.25, 0.3) is 0 Å². The fourth-order valence-electron chi connectivity index (χ4n) is 2.06. The van der Waals surface area contributed by atoms with Gasteiger partial charge in [0.1, 0.15) is 0 Å². The second-order valence-electron chi connectivity index (χ2n) is 4.53. The summed E-state index contributed by atoms with van der Waals surface area (Å²) in [7, 11) is 0. The summed E-state index contributed by atoms with van der Waals surface area (Å²) in [6.07, 6.45) is 7.09. The normalized spacial score (nSPS) is 12.5. The second-order valence-corrected chi connectivity index (χ2v) is 6.34. The van der Waals surface area contributed by atoms with Crippen LogP contribution in [0.2, 0.25) is 0 Å². The first-order valence-corrected chi connectivity index (χ1v) is 8.33. The van der Waals surface area contributed by atoms with Gasteiger partial charge < -0.3 is 5.32 Å². The molecule has 2 rings (SSSR count). The molecule has 0 saturated carbocycles. The molecule has 0 bridgehead atoms. The van der Waals surface area contributed by atoms with Gasteiger partial charge in [0.2, 0.25) is 0 Å². The maximum Gasteiger partial charge on any atom is 0.0429 e. The average Bonchev–Trinajstić information content (AvgIpc) is 2.86. The van der Waals surface area contributed by atoms with Crippen molar-refractivity contribution in [2.75, 3.05) is 6.54 Å². The van der Waals surface area contributed by atoms with Crippen molar-refractivity contribution >= 4 is 27.3 Å². The fraction of sp³-hybridized carbons (Fsp3) is 0.400. The number of hydrogen-bond donors (Lipinski definition) is 1. The summed E-state index contributed by atoms with van der Waals surface area (Å²) in [5, 5.41) is 5.79. The topological polar surface area (TPSA) is 24.9 Å². The Hall–Kier alpha value is -0.710. The predicted molar refractivity (Wildman–Crippen MR) is 85.6 cm³/mol. The predicted octanol–water partition coefficient (Wildman–Crippen LogP) is 4.58. The highest BCUT2D eigenvalue weighted by atomic mass is 79.9. The van der Waals surface area contributed by atoms with Gasteiger partial charge in [0.15, 0.2) is 0 Å². The first-order chi connectivity index (χ1) is 9.31. The Morgan fingerprint density at radius 3 is 2.74 bits per heavy atom. The van der Waals surface area contributed by atoms with Crippen LogP contribution >= 0.6 is 27.3 Å². The lowest BCUT2D eigenvalue weighted by atomic mass is 10.0. The Morgan fingerprint density at radius 2 is 2.11 bits per heavy atom. The largest absolute Gasteiger partial charge is 0.309 e. The Bertz CT molecular complexity index is 484. The molecule has 4 heteroatoms. The van der Waals surface area contributed by atoms with Crippen LogP contribution in [0.3, 0.4) is 0 Å². The zero-order chi connectivity index (χ0) is 13.5. The molecule has 0 fully saturated rings. The number of thiophene rings is 1. The van der Waals surface area contributed by atoms with Gasteiger partial charge >= 0.3 is 0 Å². The van der Waals surface area contributed by atoms with Crippen molar-refractivity contribution in [3.63, 3.8) is 0 Å². The van der Waals surface area contributed by atoms with Crippen molar-refractivity contribution in [3.8, 4) is 0 Å². The van der Waals surface area contributed by atoms with E-state index in [2.05, 4.69) is 56.7 Å². The molecule has 0 saturated heterocycles. The smallest absolute Gasteiger partial charge is 0.0429 e. The van der Waals surface area contributed by atoms with Gasteiger partial charge in [0.25, 0.3) is 0 Å². The van der Waals surface area contributed by atoms with Gasteiger partial charge in [-0.2, -0.15) is 0 Å². The van der Waals surface area contributed by atoms with Crippen molar-refractivity contribution in [1.82, 2.24) is 10.3 Å². The SMILES string of the molecule is CCCNC(CCc1ccncc1)c1sccc1Br. The van der Waals surface area contributed by atoms with Crippen molar-refractivity contribution < 1.29 is 0 Å². The Balaban J connectivity index is 2.00. The number of nitrogens with one attached hydrogen (secondary N) is 1. The van der Waals surface area contributed by atoms with Crippen molar-refractivity contribution in [2.24, 2.45) is 0 Å². The molecule has 2 aromatic rings. The summed E-state index contributed by atoms with van der Waals surface area (Å²) in [4.78, 5) is 5.47. The van der Waals surface area contributed by atoms with Gasteiger partial charge in [-0.15, -0.1) is 11.3 Å². The molecule has 2 heterocycles. The molecule has 1 atom stereocenters. The molecule has 0 amide bonds. The van der Waals surface area contributed by atoms with E-state index < -0.39 is 0 Å². The molecule has 19 heavy (non-hydrogen) atoms.